The Bertz CT molecular complexity index is 226. The fourth-order valence-corrected chi connectivity index (χ4v) is 4.20. The van der Waals surface area contributed by atoms with Crippen molar-refractivity contribution in [2.75, 3.05) is 52.2 Å². The molecule has 0 bridgehead atoms. The number of hydrogen-bond acceptors (Lipinski definition) is 4. The summed E-state index contributed by atoms with van der Waals surface area (Å²) in [5.41, 5.74) is 0.356. The summed E-state index contributed by atoms with van der Waals surface area (Å²) in [5.74, 6) is 1.29. The average Bonchev–Trinajstić information content (AvgIpc) is 2.30. The normalized spacial score (nSPS) is 36.0. The van der Waals surface area contributed by atoms with Crippen LogP contribution in [0.4, 0.5) is 0 Å². The van der Waals surface area contributed by atoms with Crippen LogP contribution in [-0.4, -0.2) is 62.3 Å². The van der Waals surface area contributed by atoms with Gasteiger partial charge in [0.05, 0.1) is 6.61 Å². The van der Waals surface area contributed by atoms with E-state index in [0.29, 0.717) is 5.41 Å². The third-order valence-corrected chi connectivity index (χ3v) is 4.98. The lowest BCUT2D eigenvalue weighted by Crippen LogP contribution is -2.51. The Labute approximate surface area is 110 Å². The second kappa shape index (κ2) is 6.41. The fourth-order valence-electron chi connectivity index (χ4n) is 3.11. The van der Waals surface area contributed by atoms with E-state index in [1.165, 1.54) is 38.2 Å². The van der Waals surface area contributed by atoms with Crippen LogP contribution in [0, 0.1) is 5.41 Å². The molecule has 0 aliphatic carbocycles. The Morgan fingerprint density at radius 3 is 3.06 bits per heavy atom. The summed E-state index contributed by atoms with van der Waals surface area (Å²) >= 11 is 2.11. The standard InChI is InChI=1S/C13H26N2OS/c1-12-8-15(5-7-17-12)10-13(9-14-2)4-3-6-16-11-13/h12,14H,3-11H2,1-2H3. The molecule has 2 fully saturated rings. The maximum Gasteiger partial charge on any atom is 0.0546 e. The molecule has 100 valence electrons. The van der Waals surface area contributed by atoms with E-state index in [2.05, 4.69) is 35.9 Å². The first-order chi connectivity index (χ1) is 8.24. The molecule has 0 aromatic rings. The van der Waals surface area contributed by atoms with Gasteiger partial charge >= 0.3 is 0 Å². The molecule has 4 heteroatoms. The van der Waals surface area contributed by atoms with Gasteiger partial charge in [0.1, 0.15) is 0 Å². The molecular formula is C13H26N2OS. The monoisotopic (exact) mass is 258 g/mol. The Kier molecular flexibility index (Phi) is 5.15. The van der Waals surface area contributed by atoms with Crippen LogP contribution >= 0.6 is 11.8 Å². The van der Waals surface area contributed by atoms with Crippen LogP contribution in [0.1, 0.15) is 19.8 Å². The van der Waals surface area contributed by atoms with Crippen LogP contribution in [0.15, 0.2) is 0 Å². The molecule has 0 aromatic heterocycles. The van der Waals surface area contributed by atoms with Crippen molar-refractivity contribution in [2.24, 2.45) is 5.41 Å². The molecule has 3 nitrogen and oxygen atoms in total. The molecule has 1 N–H and O–H groups in total. The highest BCUT2D eigenvalue weighted by molar-refractivity contribution is 7.99. The molecule has 17 heavy (non-hydrogen) atoms. The zero-order chi connectivity index (χ0) is 12.1. The zero-order valence-electron chi connectivity index (χ0n) is 11.2. The van der Waals surface area contributed by atoms with E-state index >= 15 is 0 Å². The summed E-state index contributed by atoms with van der Waals surface area (Å²) in [4.78, 5) is 2.65. The van der Waals surface area contributed by atoms with Gasteiger partial charge in [0.15, 0.2) is 0 Å². The van der Waals surface area contributed by atoms with E-state index in [-0.39, 0.29) is 0 Å². The molecule has 0 saturated carbocycles. The van der Waals surface area contributed by atoms with Crippen molar-refractivity contribution in [1.82, 2.24) is 10.2 Å². The first kappa shape index (κ1) is 13.7. The Balaban J connectivity index is 1.91. The number of thioether (sulfide) groups is 1. The molecule has 0 aromatic carbocycles. The lowest BCUT2D eigenvalue weighted by atomic mass is 9.81. The predicted octanol–water partition coefficient (Wildman–Crippen LogP) is 1.44. The highest BCUT2D eigenvalue weighted by atomic mass is 32.2. The molecule has 0 radical (unpaired) electrons. The van der Waals surface area contributed by atoms with Crippen LogP contribution in [0.5, 0.6) is 0 Å². The van der Waals surface area contributed by atoms with E-state index in [1.807, 2.05) is 0 Å². The van der Waals surface area contributed by atoms with Crippen molar-refractivity contribution in [3.8, 4) is 0 Å². The van der Waals surface area contributed by atoms with Crippen molar-refractivity contribution in [2.45, 2.75) is 25.0 Å². The van der Waals surface area contributed by atoms with Crippen molar-refractivity contribution in [3.63, 3.8) is 0 Å². The molecular weight excluding hydrogens is 232 g/mol. The third kappa shape index (κ3) is 3.85. The maximum atomic E-state index is 5.73. The molecule has 2 saturated heterocycles. The summed E-state index contributed by atoms with van der Waals surface area (Å²) in [5, 5.41) is 4.16. The smallest absolute Gasteiger partial charge is 0.0546 e. The average molecular weight is 258 g/mol. The number of nitrogens with one attached hydrogen (secondary N) is 1. The van der Waals surface area contributed by atoms with Gasteiger partial charge in [0.25, 0.3) is 0 Å². The van der Waals surface area contributed by atoms with Crippen molar-refractivity contribution < 1.29 is 4.74 Å². The van der Waals surface area contributed by atoms with Gasteiger partial charge in [-0.3, -0.25) is 0 Å². The second-order valence-corrected chi connectivity index (χ2v) is 7.15. The first-order valence-electron chi connectivity index (χ1n) is 6.80. The van der Waals surface area contributed by atoms with Crippen molar-refractivity contribution >= 4 is 11.8 Å². The number of hydrogen-bond donors (Lipinski definition) is 1. The summed E-state index contributed by atoms with van der Waals surface area (Å²) in [6.07, 6.45) is 2.53. The van der Waals surface area contributed by atoms with Gasteiger partial charge in [-0.05, 0) is 19.9 Å². The van der Waals surface area contributed by atoms with Crippen LogP contribution in [-0.2, 0) is 4.74 Å². The quantitative estimate of drug-likeness (QED) is 0.825. The third-order valence-electron chi connectivity index (χ3n) is 3.84. The summed E-state index contributed by atoms with van der Waals surface area (Å²) < 4.78 is 5.73. The van der Waals surface area contributed by atoms with Gasteiger partial charge in [0, 0.05) is 49.2 Å². The van der Waals surface area contributed by atoms with Gasteiger partial charge < -0.3 is 15.0 Å². The molecule has 2 rings (SSSR count). The van der Waals surface area contributed by atoms with E-state index in [0.717, 1.165) is 25.0 Å². The predicted molar refractivity (Wildman–Crippen MR) is 74.8 cm³/mol. The molecule has 2 aliphatic heterocycles. The first-order valence-corrected chi connectivity index (χ1v) is 7.85. The molecule has 2 unspecified atom stereocenters. The lowest BCUT2D eigenvalue weighted by Gasteiger charge is -2.42. The van der Waals surface area contributed by atoms with Gasteiger partial charge in [-0.25, -0.2) is 0 Å². The van der Waals surface area contributed by atoms with Crippen molar-refractivity contribution in [1.29, 1.82) is 0 Å². The molecule has 2 heterocycles. The van der Waals surface area contributed by atoms with Gasteiger partial charge in [0.2, 0.25) is 0 Å². The maximum absolute atomic E-state index is 5.73. The summed E-state index contributed by atoms with van der Waals surface area (Å²) in [7, 11) is 2.06. The Morgan fingerprint density at radius 2 is 2.41 bits per heavy atom. The van der Waals surface area contributed by atoms with Gasteiger partial charge in [-0.15, -0.1) is 0 Å². The number of rotatable bonds is 4. The van der Waals surface area contributed by atoms with Crippen LogP contribution in [0.3, 0.4) is 0 Å². The number of ether oxygens (including phenoxy) is 1. The number of nitrogens with zero attached hydrogens (tertiary/aromatic N) is 1. The minimum Gasteiger partial charge on any atom is -0.381 e. The van der Waals surface area contributed by atoms with Crippen LogP contribution in [0.2, 0.25) is 0 Å². The fraction of sp³-hybridized carbons (Fsp3) is 1.00. The lowest BCUT2D eigenvalue weighted by molar-refractivity contribution is -0.0247. The zero-order valence-corrected chi connectivity index (χ0v) is 12.0. The van der Waals surface area contributed by atoms with E-state index in [9.17, 15) is 0 Å². The summed E-state index contributed by atoms with van der Waals surface area (Å²) in [6.45, 7) is 9.03. The van der Waals surface area contributed by atoms with E-state index in [4.69, 9.17) is 4.74 Å². The topological polar surface area (TPSA) is 24.5 Å². The molecule has 0 amide bonds. The van der Waals surface area contributed by atoms with Gasteiger partial charge in [-0.2, -0.15) is 11.8 Å². The second-order valence-electron chi connectivity index (χ2n) is 5.60. The molecule has 2 aliphatic rings. The van der Waals surface area contributed by atoms with E-state index < -0.39 is 0 Å². The minimum absolute atomic E-state index is 0.356. The summed E-state index contributed by atoms with van der Waals surface area (Å²) in [6, 6.07) is 0. The Hall–Kier alpha value is 0.230. The largest absolute Gasteiger partial charge is 0.381 e. The van der Waals surface area contributed by atoms with Crippen LogP contribution in [0.25, 0.3) is 0 Å². The molecule has 2 atom stereocenters. The Morgan fingerprint density at radius 1 is 1.53 bits per heavy atom. The SMILES string of the molecule is CNCC1(CN2CCSC(C)C2)CCCOC1. The van der Waals surface area contributed by atoms with E-state index in [1.54, 1.807) is 0 Å². The van der Waals surface area contributed by atoms with Crippen molar-refractivity contribution in [3.05, 3.63) is 0 Å². The highest BCUT2D eigenvalue weighted by Crippen LogP contribution is 2.30. The van der Waals surface area contributed by atoms with Crippen LogP contribution < -0.4 is 5.32 Å². The van der Waals surface area contributed by atoms with Gasteiger partial charge in [-0.1, -0.05) is 6.92 Å². The minimum atomic E-state index is 0.356. The highest BCUT2D eigenvalue weighted by Gasteiger charge is 2.35. The molecule has 0 spiro atoms.